The highest BCUT2D eigenvalue weighted by Crippen LogP contribution is 2.35. The predicted molar refractivity (Wildman–Crippen MR) is 100 cm³/mol. The Morgan fingerprint density at radius 2 is 1.72 bits per heavy atom. The summed E-state index contributed by atoms with van der Waals surface area (Å²) in [6.07, 6.45) is 2.58. The normalized spacial score (nSPS) is 13.2. The second kappa shape index (κ2) is 6.56. The van der Waals surface area contributed by atoms with Crippen LogP contribution in [-0.2, 0) is 19.4 Å². The Morgan fingerprint density at radius 3 is 2.48 bits per heavy atom. The van der Waals surface area contributed by atoms with Gasteiger partial charge >= 0.3 is 5.63 Å². The van der Waals surface area contributed by atoms with E-state index >= 15 is 0 Å². The fourth-order valence-electron chi connectivity index (χ4n) is 3.21. The molecule has 0 aliphatic heterocycles. The van der Waals surface area contributed by atoms with Crippen molar-refractivity contribution < 1.29 is 9.15 Å². The molecule has 0 N–H and O–H groups in total. The van der Waals surface area contributed by atoms with Crippen molar-refractivity contribution >= 4 is 45.8 Å². The maximum absolute atomic E-state index is 12.1. The molecule has 0 radical (unpaired) electrons. The van der Waals surface area contributed by atoms with Gasteiger partial charge in [-0.3, -0.25) is 0 Å². The van der Waals surface area contributed by atoms with E-state index < -0.39 is 0 Å². The summed E-state index contributed by atoms with van der Waals surface area (Å²) in [4.78, 5) is 12.1. The largest absolute Gasteiger partial charge is 0.487 e. The average molecular weight is 396 g/mol. The van der Waals surface area contributed by atoms with Crippen LogP contribution in [0.15, 0.2) is 39.5 Å². The highest BCUT2D eigenvalue weighted by atomic mass is 35.5. The molecule has 1 heterocycles. The van der Waals surface area contributed by atoms with Crippen molar-refractivity contribution in [2.45, 2.75) is 25.9 Å². The van der Waals surface area contributed by atoms with E-state index in [9.17, 15) is 4.79 Å². The molecule has 2 aromatic carbocycles. The van der Waals surface area contributed by atoms with Crippen LogP contribution in [0.5, 0.6) is 5.75 Å². The summed E-state index contributed by atoms with van der Waals surface area (Å²) in [6, 6.07) is 8.72. The summed E-state index contributed by atoms with van der Waals surface area (Å²) in [7, 11) is 0. The van der Waals surface area contributed by atoms with Crippen molar-refractivity contribution in [1.82, 2.24) is 0 Å². The Balaban J connectivity index is 1.72. The van der Waals surface area contributed by atoms with Crippen LogP contribution in [0.3, 0.4) is 0 Å². The fraction of sp³-hybridized carbons (Fsp3) is 0.211. The molecule has 0 amide bonds. The molecule has 0 bridgehead atoms. The molecule has 0 saturated heterocycles. The monoisotopic (exact) mass is 394 g/mol. The van der Waals surface area contributed by atoms with Crippen LogP contribution in [0.25, 0.3) is 11.0 Å². The molecular formula is C19H13Cl3O3. The van der Waals surface area contributed by atoms with E-state index in [0.29, 0.717) is 32.0 Å². The predicted octanol–water partition coefficient (Wildman–Crippen LogP) is 5.82. The molecule has 128 valence electrons. The highest BCUT2D eigenvalue weighted by Gasteiger charge is 2.21. The molecule has 1 aliphatic rings. The molecule has 0 spiro atoms. The van der Waals surface area contributed by atoms with Gasteiger partial charge in [-0.1, -0.05) is 40.9 Å². The van der Waals surface area contributed by atoms with Gasteiger partial charge in [0, 0.05) is 32.6 Å². The molecule has 0 saturated carbocycles. The summed E-state index contributed by atoms with van der Waals surface area (Å²) in [5.41, 5.74) is 2.68. The van der Waals surface area contributed by atoms with Crippen LogP contribution in [0.1, 0.15) is 23.1 Å². The second-order valence-electron chi connectivity index (χ2n) is 5.97. The lowest BCUT2D eigenvalue weighted by molar-refractivity contribution is 0.306. The van der Waals surface area contributed by atoms with Crippen LogP contribution in [-0.4, -0.2) is 0 Å². The van der Waals surface area contributed by atoms with E-state index in [1.165, 1.54) is 0 Å². The molecule has 25 heavy (non-hydrogen) atoms. The average Bonchev–Trinajstić information content (AvgIpc) is 3.06. The maximum Gasteiger partial charge on any atom is 0.339 e. The zero-order valence-electron chi connectivity index (χ0n) is 13.1. The van der Waals surface area contributed by atoms with Gasteiger partial charge in [-0.25, -0.2) is 4.79 Å². The third-order valence-corrected chi connectivity index (χ3v) is 5.46. The van der Waals surface area contributed by atoms with Gasteiger partial charge in [-0.2, -0.15) is 0 Å². The fourth-order valence-corrected chi connectivity index (χ4v) is 3.94. The van der Waals surface area contributed by atoms with Gasteiger partial charge in [-0.05, 0) is 43.0 Å². The molecule has 1 aromatic heterocycles. The zero-order chi connectivity index (χ0) is 17.6. The minimum atomic E-state index is -0.276. The first-order valence-corrected chi connectivity index (χ1v) is 9.02. The van der Waals surface area contributed by atoms with Crippen molar-refractivity contribution in [2.24, 2.45) is 0 Å². The number of rotatable bonds is 3. The second-order valence-corrected chi connectivity index (χ2v) is 7.19. The number of fused-ring (bicyclic) bond motifs is 3. The molecule has 0 unspecified atom stereocenters. The van der Waals surface area contributed by atoms with Gasteiger partial charge < -0.3 is 9.15 Å². The molecule has 0 atom stereocenters. The SMILES string of the molecule is O=c1oc2cc(OCc3c(Cl)cccc3Cl)c(Cl)cc2c2c1CCC2. The lowest BCUT2D eigenvalue weighted by Crippen LogP contribution is -2.07. The number of ether oxygens (including phenoxy) is 1. The minimum Gasteiger partial charge on any atom is -0.487 e. The summed E-state index contributed by atoms with van der Waals surface area (Å²) in [5.74, 6) is 0.422. The summed E-state index contributed by atoms with van der Waals surface area (Å²) >= 11 is 18.7. The van der Waals surface area contributed by atoms with E-state index in [2.05, 4.69) is 0 Å². The van der Waals surface area contributed by atoms with Gasteiger partial charge in [0.15, 0.2) is 0 Å². The summed E-state index contributed by atoms with van der Waals surface area (Å²) in [6.45, 7) is 0.166. The van der Waals surface area contributed by atoms with Gasteiger partial charge in [0.2, 0.25) is 0 Å². The topological polar surface area (TPSA) is 39.4 Å². The van der Waals surface area contributed by atoms with Crippen molar-refractivity contribution in [1.29, 1.82) is 0 Å². The Morgan fingerprint density at radius 1 is 1.00 bits per heavy atom. The van der Waals surface area contributed by atoms with Crippen molar-refractivity contribution in [3.8, 4) is 5.75 Å². The first-order chi connectivity index (χ1) is 12.0. The van der Waals surface area contributed by atoms with Gasteiger partial charge in [0.25, 0.3) is 0 Å². The molecule has 3 aromatic rings. The van der Waals surface area contributed by atoms with Crippen molar-refractivity contribution in [2.75, 3.05) is 0 Å². The lowest BCUT2D eigenvalue weighted by Gasteiger charge is -2.12. The van der Waals surface area contributed by atoms with E-state index in [1.807, 2.05) is 0 Å². The first-order valence-electron chi connectivity index (χ1n) is 7.88. The van der Waals surface area contributed by atoms with Gasteiger partial charge in [0.05, 0.1) is 5.02 Å². The van der Waals surface area contributed by atoms with Crippen LogP contribution >= 0.6 is 34.8 Å². The first kappa shape index (κ1) is 16.8. The molecule has 6 heteroatoms. The van der Waals surface area contributed by atoms with Crippen LogP contribution in [0.4, 0.5) is 0 Å². The summed E-state index contributed by atoms with van der Waals surface area (Å²) < 4.78 is 11.2. The number of benzene rings is 2. The van der Waals surface area contributed by atoms with E-state index in [-0.39, 0.29) is 12.2 Å². The van der Waals surface area contributed by atoms with Gasteiger partial charge in [-0.15, -0.1) is 0 Å². The zero-order valence-corrected chi connectivity index (χ0v) is 15.3. The Bertz CT molecular complexity index is 1020. The number of halogens is 3. The van der Waals surface area contributed by atoms with Crippen molar-refractivity contribution in [3.05, 3.63) is 72.5 Å². The maximum atomic E-state index is 12.1. The smallest absolute Gasteiger partial charge is 0.339 e. The quantitative estimate of drug-likeness (QED) is 0.524. The van der Waals surface area contributed by atoms with Gasteiger partial charge in [0.1, 0.15) is 17.9 Å². The molecular weight excluding hydrogens is 383 g/mol. The lowest BCUT2D eigenvalue weighted by atomic mass is 10.1. The number of aryl methyl sites for hydroxylation is 1. The van der Waals surface area contributed by atoms with Crippen molar-refractivity contribution in [3.63, 3.8) is 0 Å². The van der Waals surface area contributed by atoms with Crippen LogP contribution in [0.2, 0.25) is 15.1 Å². The molecule has 1 aliphatic carbocycles. The van der Waals surface area contributed by atoms with Crippen LogP contribution in [0, 0.1) is 0 Å². The summed E-state index contributed by atoms with van der Waals surface area (Å²) in [5, 5.41) is 2.38. The third kappa shape index (κ3) is 3.01. The van der Waals surface area contributed by atoms with E-state index in [1.54, 1.807) is 30.3 Å². The highest BCUT2D eigenvalue weighted by molar-refractivity contribution is 6.36. The van der Waals surface area contributed by atoms with Crippen LogP contribution < -0.4 is 10.4 Å². The molecule has 3 nitrogen and oxygen atoms in total. The Kier molecular flexibility index (Phi) is 4.40. The number of hydrogen-bond donors (Lipinski definition) is 0. The standard InChI is InChI=1S/C19H13Cl3O3/c20-14-5-2-6-15(21)13(14)9-24-18-8-17-12(7-16(18)22)10-3-1-4-11(10)19(23)25-17/h2,5-8H,1,3-4,9H2. The van der Waals surface area contributed by atoms with E-state index in [0.717, 1.165) is 35.8 Å². The Hall–Kier alpha value is -1.68. The minimum absolute atomic E-state index is 0.166. The molecule has 4 rings (SSSR count). The molecule has 0 fully saturated rings. The third-order valence-electron chi connectivity index (χ3n) is 4.46. The number of hydrogen-bond acceptors (Lipinski definition) is 3. The Labute approximate surface area is 159 Å². The van der Waals surface area contributed by atoms with E-state index in [4.69, 9.17) is 44.0 Å².